The Morgan fingerprint density at radius 1 is 1.53 bits per heavy atom. The Morgan fingerprint density at radius 3 is 2.94 bits per heavy atom. The standard InChI is InChI=1S/C14H20O3/c1-10-8-11(16-2)5-6-13(10)14(15)9-12-4-3-7-17-12/h5-6,8,12,14-15H,3-4,7,9H2,1-2H3. The zero-order valence-electron chi connectivity index (χ0n) is 10.5. The first-order valence-corrected chi connectivity index (χ1v) is 6.15. The summed E-state index contributed by atoms with van der Waals surface area (Å²) in [6.45, 7) is 2.83. The maximum atomic E-state index is 10.2. The van der Waals surface area contributed by atoms with Crippen molar-refractivity contribution in [3.8, 4) is 5.75 Å². The van der Waals surface area contributed by atoms with Gasteiger partial charge in [-0.05, 0) is 43.0 Å². The number of benzene rings is 1. The highest BCUT2D eigenvalue weighted by molar-refractivity contribution is 5.36. The Labute approximate surface area is 102 Å². The molecule has 2 rings (SSSR count). The van der Waals surface area contributed by atoms with Crippen molar-refractivity contribution in [2.24, 2.45) is 0 Å². The predicted octanol–water partition coefficient (Wildman–Crippen LogP) is 2.61. The molecule has 2 unspecified atom stereocenters. The van der Waals surface area contributed by atoms with Gasteiger partial charge in [-0.2, -0.15) is 0 Å². The Morgan fingerprint density at radius 2 is 2.35 bits per heavy atom. The summed E-state index contributed by atoms with van der Waals surface area (Å²) < 4.78 is 10.7. The monoisotopic (exact) mass is 236 g/mol. The molecule has 3 nitrogen and oxygen atoms in total. The van der Waals surface area contributed by atoms with Gasteiger partial charge in [-0.15, -0.1) is 0 Å². The molecule has 94 valence electrons. The largest absolute Gasteiger partial charge is 0.497 e. The van der Waals surface area contributed by atoms with E-state index in [-0.39, 0.29) is 6.10 Å². The second-order valence-corrected chi connectivity index (χ2v) is 4.61. The number of ether oxygens (including phenoxy) is 2. The van der Waals surface area contributed by atoms with E-state index in [0.717, 1.165) is 36.3 Å². The molecule has 1 heterocycles. The minimum absolute atomic E-state index is 0.214. The van der Waals surface area contributed by atoms with Crippen LogP contribution in [0.25, 0.3) is 0 Å². The van der Waals surface area contributed by atoms with Crippen LogP contribution in [0.2, 0.25) is 0 Å². The van der Waals surface area contributed by atoms with E-state index in [1.807, 2.05) is 25.1 Å². The Hall–Kier alpha value is -1.06. The van der Waals surface area contributed by atoms with Crippen molar-refractivity contribution < 1.29 is 14.6 Å². The van der Waals surface area contributed by atoms with E-state index < -0.39 is 6.10 Å². The van der Waals surface area contributed by atoms with Gasteiger partial charge in [0.2, 0.25) is 0 Å². The maximum absolute atomic E-state index is 10.2. The van der Waals surface area contributed by atoms with Crippen molar-refractivity contribution in [1.29, 1.82) is 0 Å². The van der Waals surface area contributed by atoms with Crippen LogP contribution < -0.4 is 4.74 Å². The minimum Gasteiger partial charge on any atom is -0.497 e. The molecule has 3 heteroatoms. The van der Waals surface area contributed by atoms with Crippen molar-refractivity contribution in [3.05, 3.63) is 29.3 Å². The van der Waals surface area contributed by atoms with E-state index in [1.165, 1.54) is 0 Å². The van der Waals surface area contributed by atoms with E-state index >= 15 is 0 Å². The number of hydrogen-bond donors (Lipinski definition) is 1. The molecular weight excluding hydrogens is 216 g/mol. The zero-order chi connectivity index (χ0) is 12.3. The molecule has 1 N–H and O–H groups in total. The molecule has 1 saturated heterocycles. The highest BCUT2D eigenvalue weighted by Gasteiger charge is 2.21. The molecule has 2 atom stereocenters. The third-order valence-electron chi connectivity index (χ3n) is 3.35. The molecule has 1 aliphatic rings. The lowest BCUT2D eigenvalue weighted by Gasteiger charge is -2.18. The van der Waals surface area contributed by atoms with Crippen molar-refractivity contribution in [1.82, 2.24) is 0 Å². The van der Waals surface area contributed by atoms with Crippen molar-refractivity contribution in [3.63, 3.8) is 0 Å². The number of rotatable bonds is 4. The van der Waals surface area contributed by atoms with Crippen LogP contribution in [0.1, 0.15) is 36.5 Å². The normalized spacial score (nSPS) is 21.5. The van der Waals surface area contributed by atoms with E-state index in [9.17, 15) is 5.11 Å². The summed E-state index contributed by atoms with van der Waals surface area (Å²) in [5.74, 6) is 0.829. The Bertz CT molecular complexity index is 370. The zero-order valence-corrected chi connectivity index (χ0v) is 10.5. The maximum Gasteiger partial charge on any atom is 0.119 e. The summed E-state index contributed by atoms with van der Waals surface area (Å²) >= 11 is 0. The topological polar surface area (TPSA) is 38.7 Å². The average molecular weight is 236 g/mol. The van der Waals surface area contributed by atoms with Crippen LogP contribution >= 0.6 is 0 Å². The van der Waals surface area contributed by atoms with Gasteiger partial charge in [0.1, 0.15) is 5.75 Å². The summed E-state index contributed by atoms with van der Waals surface area (Å²) in [6, 6.07) is 5.78. The summed E-state index contributed by atoms with van der Waals surface area (Å²) in [5, 5.41) is 10.2. The fourth-order valence-corrected chi connectivity index (χ4v) is 2.36. The first-order chi connectivity index (χ1) is 8.20. The van der Waals surface area contributed by atoms with Gasteiger partial charge in [0.05, 0.1) is 19.3 Å². The molecule has 17 heavy (non-hydrogen) atoms. The molecule has 0 spiro atoms. The number of aryl methyl sites for hydroxylation is 1. The number of aliphatic hydroxyl groups excluding tert-OH is 1. The summed E-state index contributed by atoms with van der Waals surface area (Å²) in [4.78, 5) is 0. The molecule has 0 amide bonds. The highest BCUT2D eigenvalue weighted by atomic mass is 16.5. The van der Waals surface area contributed by atoms with Gasteiger partial charge in [0.15, 0.2) is 0 Å². The summed E-state index contributed by atoms with van der Waals surface area (Å²) in [6.07, 6.45) is 2.63. The van der Waals surface area contributed by atoms with Crippen molar-refractivity contribution in [2.75, 3.05) is 13.7 Å². The van der Waals surface area contributed by atoms with E-state index in [0.29, 0.717) is 6.42 Å². The van der Waals surface area contributed by atoms with Gasteiger partial charge in [0.25, 0.3) is 0 Å². The van der Waals surface area contributed by atoms with Gasteiger partial charge in [-0.25, -0.2) is 0 Å². The van der Waals surface area contributed by atoms with Crippen LogP contribution in [0.5, 0.6) is 5.75 Å². The second kappa shape index (κ2) is 5.52. The lowest BCUT2D eigenvalue weighted by atomic mass is 9.98. The number of hydrogen-bond acceptors (Lipinski definition) is 3. The first-order valence-electron chi connectivity index (χ1n) is 6.15. The molecule has 0 aliphatic carbocycles. The smallest absolute Gasteiger partial charge is 0.119 e. The molecule has 1 aliphatic heterocycles. The van der Waals surface area contributed by atoms with E-state index in [1.54, 1.807) is 7.11 Å². The van der Waals surface area contributed by atoms with Gasteiger partial charge in [0, 0.05) is 13.0 Å². The van der Waals surface area contributed by atoms with E-state index in [4.69, 9.17) is 9.47 Å². The molecule has 0 aromatic heterocycles. The van der Waals surface area contributed by atoms with Gasteiger partial charge < -0.3 is 14.6 Å². The van der Waals surface area contributed by atoms with Gasteiger partial charge >= 0.3 is 0 Å². The highest BCUT2D eigenvalue weighted by Crippen LogP contribution is 2.28. The van der Waals surface area contributed by atoms with Gasteiger partial charge in [-0.1, -0.05) is 6.07 Å². The fraction of sp³-hybridized carbons (Fsp3) is 0.571. The van der Waals surface area contributed by atoms with Crippen molar-refractivity contribution >= 4 is 0 Å². The molecular formula is C14H20O3. The van der Waals surface area contributed by atoms with Crippen LogP contribution in [0.3, 0.4) is 0 Å². The summed E-state index contributed by atoms with van der Waals surface area (Å²) in [5.41, 5.74) is 2.04. The predicted molar refractivity (Wildman–Crippen MR) is 66.3 cm³/mol. The quantitative estimate of drug-likeness (QED) is 0.873. The third-order valence-corrected chi connectivity index (χ3v) is 3.35. The minimum atomic E-state index is -0.441. The molecule has 0 saturated carbocycles. The van der Waals surface area contributed by atoms with Crippen LogP contribution in [-0.4, -0.2) is 24.9 Å². The lowest BCUT2D eigenvalue weighted by molar-refractivity contribution is 0.0533. The molecule has 1 fully saturated rings. The van der Waals surface area contributed by atoms with Crippen LogP contribution in [-0.2, 0) is 4.74 Å². The number of methoxy groups -OCH3 is 1. The Kier molecular flexibility index (Phi) is 4.02. The Balaban J connectivity index is 2.04. The van der Waals surface area contributed by atoms with Crippen LogP contribution in [0.4, 0.5) is 0 Å². The summed E-state index contributed by atoms with van der Waals surface area (Å²) in [7, 11) is 1.65. The first kappa shape index (κ1) is 12.4. The van der Waals surface area contributed by atoms with Crippen molar-refractivity contribution in [2.45, 2.75) is 38.4 Å². The van der Waals surface area contributed by atoms with E-state index in [2.05, 4.69) is 0 Å². The molecule has 1 aromatic carbocycles. The molecule has 0 bridgehead atoms. The number of aliphatic hydroxyl groups is 1. The molecule has 0 radical (unpaired) electrons. The SMILES string of the molecule is COc1ccc(C(O)CC2CCCO2)c(C)c1. The molecule has 1 aromatic rings. The fourth-order valence-electron chi connectivity index (χ4n) is 2.36. The second-order valence-electron chi connectivity index (χ2n) is 4.61. The van der Waals surface area contributed by atoms with Gasteiger partial charge in [-0.3, -0.25) is 0 Å². The third kappa shape index (κ3) is 2.99. The average Bonchev–Trinajstić information content (AvgIpc) is 2.81. The van der Waals surface area contributed by atoms with Crippen LogP contribution in [0.15, 0.2) is 18.2 Å². The van der Waals surface area contributed by atoms with Crippen LogP contribution in [0, 0.1) is 6.92 Å². The lowest BCUT2D eigenvalue weighted by Crippen LogP contribution is -2.12.